The Morgan fingerprint density at radius 3 is 2.72 bits per heavy atom. The van der Waals surface area contributed by atoms with Crippen LogP contribution in [0.2, 0.25) is 0 Å². The van der Waals surface area contributed by atoms with Crippen LogP contribution in [0.25, 0.3) is 11.5 Å². The number of pyridine rings is 1. The summed E-state index contributed by atoms with van der Waals surface area (Å²) in [5.74, 6) is 0.543. The van der Waals surface area contributed by atoms with E-state index in [9.17, 15) is 14.7 Å². The number of aromatic nitrogens is 3. The number of rotatable bonds is 8. The Bertz CT molecular complexity index is 1080. The SMILES string of the molecule is Nc1nc(-c2ccco2)cc(C(NC=O)c2cccc(CN(C(=O)O)C3CCCC3)n2)n1. The molecule has 1 atom stereocenters. The van der Waals surface area contributed by atoms with Gasteiger partial charge >= 0.3 is 6.09 Å². The molecule has 1 aliphatic rings. The molecule has 1 saturated carbocycles. The molecule has 4 N–H and O–H groups in total. The van der Waals surface area contributed by atoms with Gasteiger partial charge in [-0.1, -0.05) is 18.9 Å². The molecule has 0 radical (unpaired) electrons. The van der Waals surface area contributed by atoms with E-state index in [1.165, 1.54) is 11.2 Å². The fourth-order valence-corrected chi connectivity index (χ4v) is 4.06. The fourth-order valence-electron chi connectivity index (χ4n) is 4.06. The molecule has 4 rings (SSSR count). The van der Waals surface area contributed by atoms with Gasteiger partial charge in [-0.3, -0.25) is 14.7 Å². The first-order valence-corrected chi connectivity index (χ1v) is 10.4. The van der Waals surface area contributed by atoms with Crippen LogP contribution in [0.15, 0.2) is 47.1 Å². The molecule has 0 aromatic carbocycles. The number of hydrogen-bond donors (Lipinski definition) is 3. The summed E-state index contributed by atoms with van der Waals surface area (Å²) in [6, 6.07) is 9.76. The van der Waals surface area contributed by atoms with Gasteiger partial charge in [-0.15, -0.1) is 0 Å². The Labute approximate surface area is 184 Å². The second-order valence-corrected chi connectivity index (χ2v) is 7.63. The average Bonchev–Trinajstić information content (AvgIpc) is 3.50. The number of carboxylic acid groups (broad SMARTS) is 1. The molecule has 10 nitrogen and oxygen atoms in total. The number of nitrogens with zero attached hydrogens (tertiary/aromatic N) is 4. The molecule has 0 saturated heterocycles. The molecule has 0 aliphatic heterocycles. The molecule has 0 spiro atoms. The van der Waals surface area contributed by atoms with Crippen molar-refractivity contribution in [1.29, 1.82) is 0 Å². The number of carbonyl (C=O) groups is 2. The number of nitrogens with two attached hydrogens (primary N) is 1. The molecular formula is C22H24N6O4. The van der Waals surface area contributed by atoms with Crippen molar-refractivity contribution in [2.24, 2.45) is 0 Å². The minimum absolute atomic E-state index is 0.000583. The van der Waals surface area contributed by atoms with Crippen molar-refractivity contribution < 1.29 is 19.1 Å². The third-order valence-electron chi connectivity index (χ3n) is 5.53. The lowest BCUT2D eigenvalue weighted by Gasteiger charge is -2.26. The van der Waals surface area contributed by atoms with Crippen molar-refractivity contribution in [1.82, 2.24) is 25.2 Å². The van der Waals surface area contributed by atoms with Gasteiger partial charge in [-0.05, 0) is 43.2 Å². The zero-order chi connectivity index (χ0) is 22.5. The van der Waals surface area contributed by atoms with E-state index in [2.05, 4.69) is 20.3 Å². The number of nitrogen functional groups attached to an aromatic ring is 1. The summed E-state index contributed by atoms with van der Waals surface area (Å²) in [7, 11) is 0. The van der Waals surface area contributed by atoms with E-state index in [-0.39, 0.29) is 18.5 Å². The van der Waals surface area contributed by atoms with E-state index in [1.807, 2.05) is 0 Å². The minimum atomic E-state index is -0.960. The zero-order valence-electron chi connectivity index (χ0n) is 17.3. The topological polar surface area (TPSA) is 147 Å². The largest absolute Gasteiger partial charge is 0.465 e. The highest BCUT2D eigenvalue weighted by molar-refractivity contribution is 5.65. The van der Waals surface area contributed by atoms with Crippen molar-refractivity contribution in [2.75, 3.05) is 5.73 Å². The van der Waals surface area contributed by atoms with Crippen molar-refractivity contribution in [3.05, 3.63) is 59.7 Å². The maximum Gasteiger partial charge on any atom is 0.407 e. The molecule has 0 bridgehead atoms. The Morgan fingerprint density at radius 2 is 2.03 bits per heavy atom. The van der Waals surface area contributed by atoms with Crippen LogP contribution >= 0.6 is 0 Å². The molecule has 3 heterocycles. The molecule has 1 aliphatic carbocycles. The van der Waals surface area contributed by atoms with Crippen LogP contribution in [0, 0.1) is 0 Å². The number of nitrogens with one attached hydrogen (secondary N) is 1. The monoisotopic (exact) mass is 436 g/mol. The second-order valence-electron chi connectivity index (χ2n) is 7.63. The lowest BCUT2D eigenvalue weighted by atomic mass is 10.1. The summed E-state index contributed by atoms with van der Waals surface area (Å²) < 4.78 is 5.40. The third kappa shape index (κ3) is 4.69. The van der Waals surface area contributed by atoms with Crippen LogP contribution < -0.4 is 11.1 Å². The van der Waals surface area contributed by atoms with Gasteiger partial charge in [0.1, 0.15) is 11.7 Å². The highest BCUT2D eigenvalue weighted by atomic mass is 16.4. The molecule has 3 aromatic heterocycles. The van der Waals surface area contributed by atoms with Crippen LogP contribution in [0.1, 0.15) is 48.8 Å². The first-order chi connectivity index (χ1) is 15.5. The molecular weight excluding hydrogens is 412 g/mol. The van der Waals surface area contributed by atoms with Crippen molar-refractivity contribution in [3.63, 3.8) is 0 Å². The van der Waals surface area contributed by atoms with Crippen LogP contribution in [-0.2, 0) is 11.3 Å². The Hall–Kier alpha value is -3.95. The fraction of sp³-hybridized carbons (Fsp3) is 0.318. The van der Waals surface area contributed by atoms with E-state index in [0.717, 1.165) is 25.7 Å². The van der Waals surface area contributed by atoms with E-state index >= 15 is 0 Å². The maximum atomic E-state index is 11.8. The van der Waals surface area contributed by atoms with Gasteiger partial charge in [-0.2, -0.15) is 0 Å². The maximum absolute atomic E-state index is 11.8. The quantitative estimate of drug-likeness (QED) is 0.457. The number of anilines is 1. The molecule has 3 aromatic rings. The van der Waals surface area contributed by atoms with Gasteiger partial charge in [-0.25, -0.2) is 14.8 Å². The lowest BCUT2D eigenvalue weighted by molar-refractivity contribution is -0.110. The number of hydrogen-bond acceptors (Lipinski definition) is 7. The van der Waals surface area contributed by atoms with Crippen LogP contribution in [-0.4, -0.2) is 43.5 Å². The van der Waals surface area contributed by atoms with Gasteiger partial charge in [0.15, 0.2) is 5.76 Å². The molecule has 1 fully saturated rings. The highest BCUT2D eigenvalue weighted by Crippen LogP contribution is 2.27. The van der Waals surface area contributed by atoms with E-state index < -0.39 is 12.1 Å². The van der Waals surface area contributed by atoms with Gasteiger partial charge in [0, 0.05) is 6.04 Å². The predicted molar refractivity (Wildman–Crippen MR) is 115 cm³/mol. The minimum Gasteiger partial charge on any atom is -0.465 e. The zero-order valence-corrected chi connectivity index (χ0v) is 17.3. The Balaban J connectivity index is 1.65. The first kappa shape index (κ1) is 21.3. The molecule has 10 heteroatoms. The number of furan rings is 1. The van der Waals surface area contributed by atoms with Crippen LogP contribution in [0.5, 0.6) is 0 Å². The standard InChI is InChI=1S/C22H24N6O4/c23-21-26-17(19-9-4-10-32-19)11-18(27-21)20(24-13-29)16-8-3-5-14(25-16)12-28(22(30)31)15-6-1-2-7-15/h3-5,8-11,13,15,20H,1-2,6-7,12H2,(H,24,29)(H,30,31)(H2,23,26,27). The van der Waals surface area contributed by atoms with Crippen molar-refractivity contribution in [2.45, 2.75) is 44.3 Å². The van der Waals surface area contributed by atoms with Crippen LogP contribution in [0.3, 0.4) is 0 Å². The summed E-state index contributed by atoms with van der Waals surface area (Å²) in [4.78, 5) is 37.7. The Kier molecular flexibility index (Phi) is 6.29. The van der Waals surface area contributed by atoms with Crippen molar-refractivity contribution >= 4 is 18.5 Å². The summed E-state index contributed by atoms with van der Waals surface area (Å²) in [6.45, 7) is 0.172. The average molecular weight is 436 g/mol. The van der Waals surface area contributed by atoms with Gasteiger partial charge in [0.05, 0.1) is 29.9 Å². The first-order valence-electron chi connectivity index (χ1n) is 10.4. The molecule has 32 heavy (non-hydrogen) atoms. The second kappa shape index (κ2) is 9.46. The Morgan fingerprint density at radius 1 is 1.22 bits per heavy atom. The lowest BCUT2D eigenvalue weighted by Crippen LogP contribution is -2.37. The van der Waals surface area contributed by atoms with Crippen LogP contribution in [0.4, 0.5) is 10.7 Å². The summed E-state index contributed by atoms with van der Waals surface area (Å²) in [5.41, 5.74) is 7.91. The van der Waals surface area contributed by atoms with E-state index in [1.54, 1.807) is 36.4 Å². The number of carbonyl (C=O) groups excluding carboxylic acids is 1. The van der Waals surface area contributed by atoms with E-state index in [0.29, 0.717) is 34.9 Å². The summed E-state index contributed by atoms with van der Waals surface area (Å²) in [6.07, 6.45) is 4.90. The molecule has 1 unspecified atom stereocenters. The van der Waals surface area contributed by atoms with Gasteiger partial charge in [0.25, 0.3) is 0 Å². The molecule has 2 amide bonds. The summed E-state index contributed by atoms with van der Waals surface area (Å²) in [5, 5.41) is 12.4. The van der Waals surface area contributed by atoms with Crippen molar-refractivity contribution in [3.8, 4) is 11.5 Å². The van der Waals surface area contributed by atoms with E-state index in [4.69, 9.17) is 10.2 Å². The third-order valence-corrected chi connectivity index (χ3v) is 5.53. The predicted octanol–water partition coefficient (Wildman–Crippen LogP) is 2.97. The highest BCUT2D eigenvalue weighted by Gasteiger charge is 2.27. The van der Waals surface area contributed by atoms with Gasteiger partial charge in [0.2, 0.25) is 12.4 Å². The summed E-state index contributed by atoms with van der Waals surface area (Å²) >= 11 is 0. The normalized spacial score (nSPS) is 14.8. The number of amides is 2. The molecule has 166 valence electrons. The smallest absolute Gasteiger partial charge is 0.407 e. The van der Waals surface area contributed by atoms with Gasteiger partial charge < -0.3 is 20.6 Å².